The van der Waals surface area contributed by atoms with E-state index in [9.17, 15) is 27.9 Å². The Bertz CT molecular complexity index is 1270. The van der Waals surface area contributed by atoms with Crippen LogP contribution in [0.15, 0.2) is 59.5 Å². The molecule has 1 atom stereocenters. The van der Waals surface area contributed by atoms with Crippen LogP contribution in [0, 0.1) is 12.8 Å². The normalized spacial score (nSPS) is 18.7. The van der Waals surface area contributed by atoms with Gasteiger partial charge in [-0.05, 0) is 56.7 Å². The van der Waals surface area contributed by atoms with Crippen LogP contribution >= 0.6 is 0 Å². The molecule has 9 nitrogen and oxygen atoms in total. The first-order valence-electron chi connectivity index (χ1n) is 13.6. The van der Waals surface area contributed by atoms with Gasteiger partial charge >= 0.3 is 5.97 Å². The molecule has 3 N–H and O–H groups in total. The number of amides is 2. The van der Waals surface area contributed by atoms with Crippen molar-refractivity contribution in [1.82, 2.24) is 14.9 Å². The molecule has 0 radical (unpaired) electrons. The van der Waals surface area contributed by atoms with Crippen molar-refractivity contribution >= 4 is 27.8 Å². The number of rotatable bonds is 9. The molecule has 10 heteroatoms. The average molecular weight is 556 g/mol. The fraction of sp³-hybridized carbons (Fsp3) is 0.483. The zero-order chi connectivity index (χ0) is 28.0. The highest BCUT2D eigenvalue weighted by Crippen LogP contribution is 2.30. The molecule has 1 aliphatic heterocycles. The van der Waals surface area contributed by atoms with Crippen LogP contribution in [0.25, 0.3) is 0 Å². The lowest BCUT2D eigenvalue weighted by atomic mass is 9.81. The number of carbonyl (C=O) groups excluding carboxylic acids is 2. The summed E-state index contributed by atoms with van der Waals surface area (Å²) in [6, 6.07) is 14.7. The van der Waals surface area contributed by atoms with Crippen LogP contribution in [0.5, 0.6) is 0 Å². The lowest BCUT2D eigenvalue weighted by Gasteiger charge is -2.37. The molecule has 4 rings (SSSR count). The van der Waals surface area contributed by atoms with Crippen LogP contribution in [0.3, 0.4) is 0 Å². The van der Waals surface area contributed by atoms with Crippen molar-refractivity contribution in [2.24, 2.45) is 5.92 Å². The number of hydrogen-bond acceptors (Lipinski definition) is 5. The number of sulfonamides is 1. The van der Waals surface area contributed by atoms with Gasteiger partial charge in [-0.25, -0.2) is 13.2 Å². The standard InChI is InChI=1S/C29H37N3O6S/c1-21-10-12-24(13-11-21)39(37,38)31-25(20-22-8-4-2-5-9-22)27(34)32-18-14-23(15-19-32)26(33)30-29(28(35)36)16-6-3-7-17-29/h2,4-5,8-13,23,25,31H,3,6-7,14-20H2,1H3,(H,30,33)(H,35,36)/t25-/m0/s1. The smallest absolute Gasteiger partial charge is 0.329 e. The average Bonchev–Trinajstić information content (AvgIpc) is 2.93. The zero-order valence-corrected chi connectivity index (χ0v) is 23.1. The van der Waals surface area contributed by atoms with E-state index >= 15 is 0 Å². The van der Waals surface area contributed by atoms with Gasteiger partial charge in [-0.15, -0.1) is 0 Å². The number of carboxylic acids is 1. The predicted molar refractivity (Wildman–Crippen MR) is 146 cm³/mol. The maximum Gasteiger partial charge on any atom is 0.329 e. The van der Waals surface area contributed by atoms with Crippen LogP contribution < -0.4 is 10.0 Å². The zero-order valence-electron chi connectivity index (χ0n) is 22.3. The van der Waals surface area contributed by atoms with E-state index in [1.807, 2.05) is 37.3 Å². The predicted octanol–water partition coefficient (Wildman–Crippen LogP) is 3.03. The summed E-state index contributed by atoms with van der Waals surface area (Å²) in [4.78, 5) is 40.3. The molecular formula is C29H37N3O6S. The van der Waals surface area contributed by atoms with E-state index in [2.05, 4.69) is 10.0 Å². The highest BCUT2D eigenvalue weighted by atomic mass is 32.2. The van der Waals surface area contributed by atoms with Crippen LogP contribution in [-0.4, -0.2) is 60.9 Å². The summed E-state index contributed by atoms with van der Waals surface area (Å²) < 4.78 is 28.9. The summed E-state index contributed by atoms with van der Waals surface area (Å²) in [6.07, 6.45) is 4.30. The number of carboxylic acid groups (broad SMARTS) is 1. The molecule has 2 aliphatic rings. The fourth-order valence-corrected chi connectivity index (χ4v) is 6.66. The summed E-state index contributed by atoms with van der Waals surface area (Å²) in [5, 5.41) is 12.6. The van der Waals surface area contributed by atoms with Gasteiger partial charge in [0.2, 0.25) is 21.8 Å². The minimum absolute atomic E-state index is 0.0874. The summed E-state index contributed by atoms with van der Waals surface area (Å²) in [5.74, 6) is -2.02. The first-order chi connectivity index (χ1) is 18.6. The summed E-state index contributed by atoms with van der Waals surface area (Å²) in [5.41, 5.74) is 0.538. The van der Waals surface area contributed by atoms with Gasteiger partial charge in [-0.1, -0.05) is 67.3 Å². The number of aryl methyl sites for hydroxylation is 1. The van der Waals surface area contributed by atoms with E-state index in [1.165, 1.54) is 12.1 Å². The Hall–Kier alpha value is -3.24. The first kappa shape index (κ1) is 28.8. The Morgan fingerprint density at radius 1 is 0.974 bits per heavy atom. The Balaban J connectivity index is 1.44. The monoisotopic (exact) mass is 555 g/mol. The molecule has 2 aromatic carbocycles. The third-order valence-corrected chi connectivity index (χ3v) is 9.35. The quantitative estimate of drug-likeness (QED) is 0.436. The third-order valence-electron chi connectivity index (χ3n) is 7.87. The van der Waals surface area contributed by atoms with E-state index in [0.29, 0.717) is 25.7 Å². The number of carbonyl (C=O) groups is 3. The Kier molecular flexibility index (Phi) is 9.07. The van der Waals surface area contributed by atoms with Gasteiger partial charge in [-0.2, -0.15) is 4.72 Å². The van der Waals surface area contributed by atoms with Crippen molar-refractivity contribution < 1.29 is 27.9 Å². The minimum Gasteiger partial charge on any atom is -0.480 e. The van der Waals surface area contributed by atoms with Crippen molar-refractivity contribution in [2.75, 3.05) is 13.1 Å². The molecule has 0 aromatic heterocycles. The van der Waals surface area contributed by atoms with Crippen molar-refractivity contribution in [3.63, 3.8) is 0 Å². The molecule has 1 aliphatic carbocycles. The SMILES string of the molecule is Cc1ccc(S(=O)(=O)N[C@@H](Cc2ccccc2)C(=O)N2CCC(C(=O)NC3(C(=O)O)CCCCC3)CC2)cc1. The first-order valence-corrected chi connectivity index (χ1v) is 15.1. The van der Waals surface area contributed by atoms with Crippen LogP contribution in [-0.2, 0) is 30.8 Å². The maximum absolute atomic E-state index is 13.6. The highest BCUT2D eigenvalue weighted by molar-refractivity contribution is 7.89. The van der Waals surface area contributed by atoms with Gasteiger partial charge < -0.3 is 15.3 Å². The number of likely N-dealkylation sites (tertiary alicyclic amines) is 1. The van der Waals surface area contributed by atoms with E-state index in [0.717, 1.165) is 30.4 Å². The summed E-state index contributed by atoms with van der Waals surface area (Å²) in [7, 11) is -3.95. The minimum atomic E-state index is -3.95. The van der Waals surface area contributed by atoms with E-state index in [4.69, 9.17) is 0 Å². The van der Waals surface area contributed by atoms with Crippen LogP contribution in [0.1, 0.15) is 56.1 Å². The van der Waals surface area contributed by atoms with Gasteiger partial charge in [0.1, 0.15) is 11.6 Å². The molecule has 39 heavy (non-hydrogen) atoms. The Labute approximate surface area is 230 Å². The number of benzene rings is 2. The molecule has 0 spiro atoms. The molecule has 2 fully saturated rings. The van der Waals surface area contributed by atoms with Gasteiger partial charge in [0.15, 0.2) is 0 Å². The van der Waals surface area contributed by atoms with E-state index < -0.39 is 33.5 Å². The molecule has 0 unspecified atom stereocenters. The van der Waals surface area contributed by atoms with Gasteiger partial charge in [0, 0.05) is 19.0 Å². The van der Waals surface area contributed by atoms with E-state index in [-0.39, 0.29) is 36.2 Å². The van der Waals surface area contributed by atoms with Crippen molar-refractivity contribution in [3.8, 4) is 0 Å². The molecule has 1 saturated heterocycles. The number of piperidine rings is 1. The van der Waals surface area contributed by atoms with Crippen molar-refractivity contribution in [1.29, 1.82) is 0 Å². The largest absolute Gasteiger partial charge is 0.480 e. The van der Waals surface area contributed by atoms with Gasteiger partial charge in [-0.3, -0.25) is 9.59 Å². The molecule has 2 amide bonds. The summed E-state index contributed by atoms with van der Waals surface area (Å²) >= 11 is 0. The Morgan fingerprint density at radius 3 is 2.18 bits per heavy atom. The van der Waals surface area contributed by atoms with Gasteiger partial charge in [0.05, 0.1) is 4.90 Å². The number of nitrogens with zero attached hydrogens (tertiary/aromatic N) is 1. The molecule has 2 aromatic rings. The van der Waals surface area contributed by atoms with Gasteiger partial charge in [0.25, 0.3) is 0 Å². The van der Waals surface area contributed by atoms with Crippen molar-refractivity contribution in [2.45, 2.75) is 74.8 Å². The highest BCUT2D eigenvalue weighted by Gasteiger charge is 2.43. The maximum atomic E-state index is 13.6. The topological polar surface area (TPSA) is 133 Å². The summed E-state index contributed by atoms with van der Waals surface area (Å²) in [6.45, 7) is 2.44. The fourth-order valence-electron chi connectivity index (χ4n) is 5.47. The third kappa shape index (κ3) is 7.05. The molecule has 0 bridgehead atoms. The second-order valence-corrected chi connectivity index (χ2v) is 12.4. The molecule has 210 valence electrons. The second-order valence-electron chi connectivity index (χ2n) is 10.7. The lowest BCUT2D eigenvalue weighted by Crippen LogP contribution is -2.58. The van der Waals surface area contributed by atoms with Crippen LogP contribution in [0.2, 0.25) is 0 Å². The second kappa shape index (κ2) is 12.3. The van der Waals surface area contributed by atoms with Crippen molar-refractivity contribution in [3.05, 3.63) is 65.7 Å². The number of hydrogen-bond donors (Lipinski definition) is 3. The number of nitrogens with one attached hydrogen (secondary N) is 2. The Morgan fingerprint density at radius 2 is 1.59 bits per heavy atom. The van der Waals surface area contributed by atoms with E-state index in [1.54, 1.807) is 17.0 Å². The molecule has 1 saturated carbocycles. The molecule has 1 heterocycles. The lowest BCUT2D eigenvalue weighted by molar-refractivity contribution is -0.150. The number of aliphatic carboxylic acids is 1. The van der Waals surface area contributed by atoms with Crippen LogP contribution in [0.4, 0.5) is 0 Å². The molecular weight excluding hydrogens is 518 g/mol.